The molecule has 48 heavy (non-hydrogen) atoms. The molecule has 256 valence electrons. The van der Waals surface area contributed by atoms with Gasteiger partial charge in [-0.3, -0.25) is 4.79 Å². The van der Waals surface area contributed by atoms with Gasteiger partial charge in [-0.05, 0) is 80.6 Å². The standard InChI is InChI=1S/C36H43ClN4O5S2/c1-6-26-21-40(48(43,44)31-16-12-11-15-29(31)46-26)20-25-19-30(47-34(25)37)32(27-17-18-28(41(39)7-2)33(38)23(27)3)36(4,5)35(42)45-22-24-13-9-8-10-14-24/h8-19,26,32H,6-7,20-22,38-39H2,1-5H3/t26-,32?/m1/s1. The second kappa shape index (κ2) is 14.5. The number of hydrazine groups is 1. The molecule has 0 aliphatic carbocycles. The van der Waals surface area contributed by atoms with Crippen molar-refractivity contribution in [1.82, 2.24) is 4.31 Å². The molecule has 2 atom stereocenters. The highest BCUT2D eigenvalue weighted by Gasteiger charge is 2.43. The van der Waals surface area contributed by atoms with Crippen LogP contribution in [0.15, 0.2) is 77.7 Å². The minimum Gasteiger partial charge on any atom is -0.488 e. The first kappa shape index (κ1) is 35.7. The highest BCUT2D eigenvalue weighted by Crippen LogP contribution is 2.49. The zero-order valence-corrected chi connectivity index (χ0v) is 30.3. The molecule has 0 bridgehead atoms. The topological polar surface area (TPSA) is 128 Å². The van der Waals surface area contributed by atoms with Crippen molar-refractivity contribution >= 4 is 50.3 Å². The number of hydrogen-bond donors (Lipinski definition) is 2. The van der Waals surface area contributed by atoms with Crippen LogP contribution in [0.4, 0.5) is 11.4 Å². The van der Waals surface area contributed by atoms with Gasteiger partial charge in [0.1, 0.15) is 23.4 Å². The first-order valence-corrected chi connectivity index (χ1v) is 18.6. The molecule has 2 heterocycles. The zero-order chi connectivity index (χ0) is 34.8. The van der Waals surface area contributed by atoms with Crippen LogP contribution in [-0.2, 0) is 32.7 Å². The average Bonchev–Trinajstić information content (AvgIpc) is 3.38. The minimum absolute atomic E-state index is 0.0379. The summed E-state index contributed by atoms with van der Waals surface area (Å²) in [6.07, 6.45) is 0.292. The number of thiophene rings is 1. The lowest BCUT2D eigenvalue weighted by Crippen LogP contribution is -2.36. The molecule has 0 amide bonds. The normalized spacial score (nSPS) is 16.8. The summed E-state index contributed by atoms with van der Waals surface area (Å²) < 4.78 is 41.7. The molecule has 9 nitrogen and oxygen atoms in total. The molecule has 0 radical (unpaired) electrons. The molecule has 12 heteroatoms. The van der Waals surface area contributed by atoms with Gasteiger partial charge in [-0.2, -0.15) is 4.31 Å². The number of esters is 1. The van der Waals surface area contributed by atoms with Crippen LogP contribution in [0, 0.1) is 12.3 Å². The van der Waals surface area contributed by atoms with Gasteiger partial charge in [0.25, 0.3) is 0 Å². The summed E-state index contributed by atoms with van der Waals surface area (Å²) in [5, 5.41) is 1.58. The number of sulfonamides is 1. The van der Waals surface area contributed by atoms with Crippen molar-refractivity contribution in [2.75, 3.05) is 23.8 Å². The second-order valence-corrected chi connectivity index (χ2v) is 16.1. The molecule has 5 rings (SSSR count). The number of rotatable bonds is 11. The Hall–Kier alpha value is -3.61. The van der Waals surface area contributed by atoms with Crippen LogP contribution in [0.3, 0.4) is 0 Å². The largest absolute Gasteiger partial charge is 0.488 e. The Kier molecular flexibility index (Phi) is 10.8. The van der Waals surface area contributed by atoms with Gasteiger partial charge in [-0.1, -0.05) is 67.1 Å². The van der Waals surface area contributed by atoms with Gasteiger partial charge in [0.2, 0.25) is 10.0 Å². The van der Waals surface area contributed by atoms with E-state index in [1.54, 1.807) is 29.3 Å². The van der Waals surface area contributed by atoms with E-state index in [4.69, 9.17) is 32.7 Å². The van der Waals surface area contributed by atoms with Crippen molar-refractivity contribution in [2.45, 2.75) is 71.1 Å². The Morgan fingerprint density at radius 2 is 1.81 bits per heavy atom. The monoisotopic (exact) mass is 710 g/mol. The highest BCUT2D eigenvalue weighted by atomic mass is 35.5. The van der Waals surface area contributed by atoms with Crippen LogP contribution < -0.4 is 21.3 Å². The molecule has 1 unspecified atom stereocenters. The molecule has 1 aliphatic heterocycles. The van der Waals surface area contributed by atoms with Crippen molar-refractivity contribution < 1.29 is 22.7 Å². The van der Waals surface area contributed by atoms with E-state index in [1.807, 2.05) is 83.1 Å². The summed E-state index contributed by atoms with van der Waals surface area (Å²) in [5.41, 5.74) is 9.88. The fraction of sp³-hybridized carbons (Fsp3) is 0.361. The minimum atomic E-state index is -3.90. The molecule has 3 aromatic carbocycles. The van der Waals surface area contributed by atoms with E-state index in [9.17, 15) is 13.2 Å². The molecule has 0 saturated heterocycles. The summed E-state index contributed by atoms with van der Waals surface area (Å²) in [7, 11) is -3.90. The van der Waals surface area contributed by atoms with Crippen LogP contribution in [0.5, 0.6) is 5.75 Å². The van der Waals surface area contributed by atoms with Crippen LogP contribution in [0.2, 0.25) is 4.34 Å². The van der Waals surface area contributed by atoms with Gasteiger partial charge >= 0.3 is 5.97 Å². The third kappa shape index (κ3) is 7.06. The fourth-order valence-corrected chi connectivity index (χ4v) is 9.21. The van der Waals surface area contributed by atoms with Crippen LogP contribution >= 0.6 is 22.9 Å². The van der Waals surface area contributed by atoms with E-state index < -0.39 is 27.3 Å². The maximum atomic E-state index is 14.0. The molecular weight excluding hydrogens is 668 g/mol. The second-order valence-electron chi connectivity index (χ2n) is 12.6. The van der Waals surface area contributed by atoms with Crippen LogP contribution in [0.25, 0.3) is 0 Å². The van der Waals surface area contributed by atoms with E-state index in [0.29, 0.717) is 40.0 Å². The first-order valence-electron chi connectivity index (χ1n) is 16.0. The number of nitrogens with two attached hydrogens (primary N) is 2. The van der Waals surface area contributed by atoms with Gasteiger partial charge in [0, 0.05) is 23.9 Å². The number of nitrogens with zero attached hydrogens (tertiary/aromatic N) is 2. The number of hydrogen-bond acceptors (Lipinski definition) is 9. The molecule has 0 saturated carbocycles. The van der Waals surface area contributed by atoms with E-state index in [0.717, 1.165) is 21.6 Å². The van der Waals surface area contributed by atoms with Crippen molar-refractivity contribution in [3.63, 3.8) is 0 Å². The number of halogens is 1. The van der Waals surface area contributed by atoms with Gasteiger partial charge in [0.15, 0.2) is 0 Å². The van der Waals surface area contributed by atoms with Crippen LogP contribution in [-0.4, -0.2) is 37.9 Å². The summed E-state index contributed by atoms with van der Waals surface area (Å²) in [6, 6.07) is 21.9. The Labute approximate surface area is 292 Å². The van der Waals surface area contributed by atoms with Crippen molar-refractivity contribution in [3.8, 4) is 5.75 Å². The Balaban J connectivity index is 1.56. The number of anilines is 2. The number of fused-ring (bicyclic) bond motifs is 1. The Bertz CT molecular complexity index is 1880. The smallest absolute Gasteiger partial charge is 0.312 e. The third-order valence-electron chi connectivity index (χ3n) is 8.99. The predicted octanol–water partition coefficient (Wildman–Crippen LogP) is 7.26. The molecular formula is C36H43ClN4O5S2. The highest BCUT2D eigenvalue weighted by molar-refractivity contribution is 7.89. The van der Waals surface area contributed by atoms with E-state index in [1.165, 1.54) is 15.6 Å². The fourth-order valence-electron chi connectivity index (χ4n) is 6.06. The molecule has 0 spiro atoms. The first-order chi connectivity index (χ1) is 22.8. The third-order valence-corrected chi connectivity index (χ3v) is 12.3. The molecule has 4 N–H and O–H groups in total. The number of carbonyl (C=O) groups is 1. The summed E-state index contributed by atoms with van der Waals surface area (Å²) in [5.74, 6) is 5.64. The van der Waals surface area contributed by atoms with Gasteiger partial charge < -0.3 is 20.2 Å². The van der Waals surface area contributed by atoms with Gasteiger partial charge in [0.05, 0.1) is 27.7 Å². The summed E-state index contributed by atoms with van der Waals surface area (Å²) >= 11 is 8.25. The summed E-state index contributed by atoms with van der Waals surface area (Å²) in [4.78, 5) is 14.9. The van der Waals surface area contributed by atoms with Gasteiger partial charge in [-0.15, -0.1) is 11.3 Å². The van der Waals surface area contributed by atoms with Crippen molar-refractivity contribution in [3.05, 3.63) is 104 Å². The van der Waals surface area contributed by atoms with E-state index in [2.05, 4.69) is 0 Å². The average molecular weight is 711 g/mol. The summed E-state index contributed by atoms with van der Waals surface area (Å²) in [6.45, 7) is 10.4. The van der Waals surface area contributed by atoms with Crippen molar-refractivity contribution in [2.24, 2.45) is 11.3 Å². The van der Waals surface area contributed by atoms with E-state index in [-0.39, 0.29) is 30.7 Å². The predicted molar refractivity (Wildman–Crippen MR) is 193 cm³/mol. The maximum Gasteiger partial charge on any atom is 0.312 e. The lowest BCUT2D eigenvalue weighted by atomic mass is 9.72. The maximum absolute atomic E-state index is 14.0. The number of carbonyl (C=O) groups excluding carboxylic acids is 1. The Morgan fingerprint density at radius 3 is 2.50 bits per heavy atom. The molecule has 0 fully saturated rings. The number of ether oxygens (including phenoxy) is 2. The molecule has 1 aliphatic rings. The lowest BCUT2D eigenvalue weighted by molar-refractivity contribution is -0.156. The zero-order valence-electron chi connectivity index (χ0n) is 27.9. The van der Waals surface area contributed by atoms with Gasteiger partial charge in [-0.25, -0.2) is 14.3 Å². The number of nitrogen functional groups attached to an aromatic ring is 1. The number of para-hydroxylation sites is 1. The quantitative estimate of drug-likeness (QED) is 0.0721. The SMILES string of the molecule is CC[C@@H]1CN(Cc2cc(C(c3ccc(N(N)CC)c(N)c3C)C(C)(C)C(=O)OCc3ccccc3)sc2Cl)S(=O)(=O)c2ccccc2O1. The van der Waals surface area contributed by atoms with E-state index >= 15 is 0 Å². The molecule has 4 aromatic rings. The lowest BCUT2D eigenvalue weighted by Gasteiger charge is -2.34. The molecule has 1 aromatic heterocycles. The number of benzene rings is 3. The Morgan fingerprint density at radius 1 is 1.12 bits per heavy atom. The van der Waals surface area contributed by atoms with Crippen molar-refractivity contribution in [1.29, 1.82) is 0 Å². The van der Waals surface area contributed by atoms with Crippen LogP contribution in [0.1, 0.15) is 67.2 Å².